The first-order chi connectivity index (χ1) is 7.80. The van der Waals surface area contributed by atoms with Crippen molar-refractivity contribution in [1.82, 2.24) is 4.98 Å². The van der Waals surface area contributed by atoms with Crippen molar-refractivity contribution in [1.29, 1.82) is 0 Å². The molecule has 1 aromatic carbocycles. The Hall–Kier alpha value is -1.13. The van der Waals surface area contributed by atoms with Gasteiger partial charge in [-0.3, -0.25) is 4.98 Å². The van der Waals surface area contributed by atoms with Crippen LogP contribution in [0.25, 0.3) is 10.9 Å². The maximum Gasteiger partial charge on any atom is 0.263 e. The zero-order chi connectivity index (χ0) is 12.8. The summed E-state index contributed by atoms with van der Waals surface area (Å²) in [6, 6.07) is 5.54. The van der Waals surface area contributed by atoms with Gasteiger partial charge in [0.25, 0.3) is 9.05 Å². The second kappa shape index (κ2) is 3.96. The van der Waals surface area contributed by atoms with Gasteiger partial charge in [0.05, 0.1) is 5.52 Å². The molecule has 2 rings (SSSR count). The lowest BCUT2D eigenvalue weighted by molar-refractivity contribution is 0.609. The Kier molecular flexibility index (Phi) is 2.87. The van der Waals surface area contributed by atoms with Crippen molar-refractivity contribution >= 4 is 30.6 Å². The summed E-state index contributed by atoms with van der Waals surface area (Å²) in [5.41, 5.74) is 2.85. The molecule has 90 valence electrons. The van der Waals surface area contributed by atoms with Gasteiger partial charge in [-0.15, -0.1) is 0 Å². The first-order valence-electron chi connectivity index (χ1n) is 5.13. The smallest absolute Gasteiger partial charge is 0.252 e. The van der Waals surface area contributed by atoms with Gasteiger partial charge in [0.2, 0.25) is 0 Å². The summed E-state index contributed by atoms with van der Waals surface area (Å²) in [4.78, 5) is 4.41. The number of aryl methyl sites for hydroxylation is 3. The van der Waals surface area contributed by atoms with E-state index in [1.807, 2.05) is 32.0 Å². The third-order valence-electron chi connectivity index (χ3n) is 2.71. The molecule has 5 heteroatoms. The van der Waals surface area contributed by atoms with E-state index in [2.05, 4.69) is 4.98 Å². The zero-order valence-electron chi connectivity index (χ0n) is 9.78. The van der Waals surface area contributed by atoms with Gasteiger partial charge in [-0.05, 0) is 38.0 Å². The summed E-state index contributed by atoms with van der Waals surface area (Å²) in [5.74, 6) is 0. The second-order valence-corrected chi connectivity index (χ2v) is 6.63. The molecule has 0 radical (unpaired) electrons. The maximum atomic E-state index is 11.6. The average molecular weight is 270 g/mol. The third kappa shape index (κ3) is 2.15. The molecule has 0 fully saturated rings. The van der Waals surface area contributed by atoms with Crippen LogP contribution >= 0.6 is 10.7 Å². The molecule has 0 spiro atoms. The number of hydrogen-bond acceptors (Lipinski definition) is 3. The molecule has 0 saturated heterocycles. The van der Waals surface area contributed by atoms with E-state index in [0.717, 1.165) is 16.6 Å². The van der Waals surface area contributed by atoms with E-state index in [0.29, 0.717) is 11.1 Å². The van der Waals surface area contributed by atoms with Crippen LogP contribution in [0.5, 0.6) is 0 Å². The quantitative estimate of drug-likeness (QED) is 0.748. The Bertz CT molecular complexity index is 708. The van der Waals surface area contributed by atoms with Crippen LogP contribution in [-0.2, 0) is 9.05 Å². The van der Waals surface area contributed by atoms with Crippen molar-refractivity contribution in [3.05, 3.63) is 35.0 Å². The number of halogens is 1. The van der Waals surface area contributed by atoms with Crippen molar-refractivity contribution in [3.63, 3.8) is 0 Å². The molecule has 2 aromatic rings. The van der Waals surface area contributed by atoms with Crippen LogP contribution in [0.4, 0.5) is 0 Å². The number of hydrogen-bond donors (Lipinski definition) is 0. The van der Waals surface area contributed by atoms with E-state index in [1.54, 1.807) is 6.92 Å². The van der Waals surface area contributed by atoms with Crippen molar-refractivity contribution < 1.29 is 8.42 Å². The Morgan fingerprint density at radius 1 is 1.12 bits per heavy atom. The fourth-order valence-electron chi connectivity index (χ4n) is 2.01. The average Bonchev–Trinajstić information content (AvgIpc) is 2.14. The van der Waals surface area contributed by atoms with E-state index in [9.17, 15) is 8.42 Å². The molecular formula is C12H12ClNO2S. The van der Waals surface area contributed by atoms with Crippen LogP contribution in [-0.4, -0.2) is 13.4 Å². The van der Waals surface area contributed by atoms with Crippen LogP contribution in [0.15, 0.2) is 23.1 Å². The van der Waals surface area contributed by atoms with Crippen LogP contribution in [0, 0.1) is 20.8 Å². The molecular weight excluding hydrogens is 258 g/mol. The minimum atomic E-state index is -3.78. The van der Waals surface area contributed by atoms with Crippen molar-refractivity contribution in [3.8, 4) is 0 Å². The predicted molar refractivity (Wildman–Crippen MR) is 69.0 cm³/mol. The fraction of sp³-hybridized carbons (Fsp3) is 0.250. The van der Waals surface area contributed by atoms with E-state index in [4.69, 9.17) is 10.7 Å². The zero-order valence-corrected chi connectivity index (χ0v) is 11.4. The summed E-state index contributed by atoms with van der Waals surface area (Å²) >= 11 is 0. The molecule has 0 aliphatic carbocycles. The second-order valence-electron chi connectivity index (χ2n) is 4.13. The van der Waals surface area contributed by atoms with Gasteiger partial charge < -0.3 is 0 Å². The molecule has 1 heterocycles. The van der Waals surface area contributed by atoms with E-state index >= 15 is 0 Å². The van der Waals surface area contributed by atoms with Gasteiger partial charge in [-0.25, -0.2) is 8.42 Å². The highest BCUT2D eigenvalue weighted by Crippen LogP contribution is 2.30. The molecule has 0 unspecified atom stereocenters. The van der Waals surface area contributed by atoms with Gasteiger partial charge in [-0.1, -0.05) is 12.1 Å². The largest absolute Gasteiger partial charge is 0.263 e. The molecule has 3 nitrogen and oxygen atoms in total. The highest BCUT2D eigenvalue weighted by atomic mass is 35.7. The lowest BCUT2D eigenvalue weighted by atomic mass is 10.1. The molecule has 0 saturated carbocycles. The molecule has 17 heavy (non-hydrogen) atoms. The lowest BCUT2D eigenvalue weighted by Crippen LogP contribution is -2.00. The molecule has 0 atom stereocenters. The number of aromatic nitrogens is 1. The highest BCUT2D eigenvalue weighted by molar-refractivity contribution is 8.14. The Morgan fingerprint density at radius 2 is 1.76 bits per heavy atom. The third-order valence-corrected chi connectivity index (χ3v) is 4.18. The summed E-state index contributed by atoms with van der Waals surface area (Å²) in [7, 11) is 1.70. The summed E-state index contributed by atoms with van der Waals surface area (Å²) in [5, 5.41) is 0.820. The van der Waals surface area contributed by atoms with Crippen LogP contribution in [0.2, 0.25) is 0 Å². The Balaban J connectivity index is 3.06. The number of rotatable bonds is 1. The first kappa shape index (κ1) is 12.3. The highest BCUT2D eigenvalue weighted by Gasteiger charge is 2.19. The topological polar surface area (TPSA) is 47.0 Å². The summed E-state index contributed by atoms with van der Waals surface area (Å²) in [6.07, 6.45) is 0. The van der Waals surface area contributed by atoms with Crippen LogP contribution in [0.1, 0.15) is 16.8 Å². The first-order valence-corrected chi connectivity index (χ1v) is 7.44. The number of nitrogens with zero attached hydrogens (tertiary/aromatic N) is 1. The standard InChI is InChI=1S/C12H12ClNO2S/c1-7-6-8(2)12(17(13,15)16)11-10(7)5-4-9(3)14-11/h4-6H,1-3H3. The molecule has 1 aromatic heterocycles. The normalized spacial score (nSPS) is 12.0. The SMILES string of the molecule is Cc1ccc2c(C)cc(C)c(S(=O)(=O)Cl)c2n1. The summed E-state index contributed by atoms with van der Waals surface area (Å²) < 4.78 is 23.2. The number of pyridine rings is 1. The van der Waals surface area contributed by atoms with E-state index < -0.39 is 9.05 Å². The Morgan fingerprint density at radius 3 is 2.35 bits per heavy atom. The minimum absolute atomic E-state index is 0.114. The monoisotopic (exact) mass is 269 g/mol. The molecule has 0 aliphatic rings. The molecule has 0 aliphatic heterocycles. The van der Waals surface area contributed by atoms with Crippen molar-refractivity contribution in [2.24, 2.45) is 0 Å². The van der Waals surface area contributed by atoms with Gasteiger partial charge in [0, 0.05) is 21.8 Å². The van der Waals surface area contributed by atoms with E-state index in [1.165, 1.54) is 0 Å². The minimum Gasteiger partial charge on any atom is -0.252 e. The number of benzene rings is 1. The van der Waals surface area contributed by atoms with Crippen molar-refractivity contribution in [2.75, 3.05) is 0 Å². The lowest BCUT2D eigenvalue weighted by Gasteiger charge is -2.10. The van der Waals surface area contributed by atoms with Crippen molar-refractivity contribution in [2.45, 2.75) is 25.7 Å². The summed E-state index contributed by atoms with van der Waals surface area (Å²) in [6.45, 7) is 5.48. The van der Waals surface area contributed by atoms with Gasteiger partial charge in [-0.2, -0.15) is 0 Å². The molecule has 0 amide bonds. The van der Waals surface area contributed by atoms with Gasteiger partial charge in [0.1, 0.15) is 4.90 Å². The number of fused-ring (bicyclic) bond motifs is 1. The Labute approximate surface area is 105 Å². The predicted octanol–water partition coefficient (Wildman–Crippen LogP) is 3.09. The van der Waals surface area contributed by atoms with Gasteiger partial charge >= 0.3 is 0 Å². The van der Waals surface area contributed by atoms with Crippen LogP contribution < -0.4 is 0 Å². The molecule has 0 bridgehead atoms. The maximum absolute atomic E-state index is 11.6. The van der Waals surface area contributed by atoms with E-state index in [-0.39, 0.29) is 4.90 Å². The molecule has 0 N–H and O–H groups in total. The fourth-order valence-corrected chi connectivity index (χ4v) is 3.42. The van der Waals surface area contributed by atoms with Gasteiger partial charge in [0.15, 0.2) is 0 Å². The van der Waals surface area contributed by atoms with Crippen LogP contribution in [0.3, 0.4) is 0 Å².